The van der Waals surface area contributed by atoms with Crippen LogP contribution in [0, 0.1) is 0 Å². The fourth-order valence-corrected chi connectivity index (χ4v) is 16.0. The van der Waals surface area contributed by atoms with Crippen LogP contribution in [0.3, 0.4) is 0 Å². The molecule has 2 heterocycles. The zero-order chi connectivity index (χ0) is 55.3. The lowest BCUT2D eigenvalue weighted by molar-refractivity contribution is 0.669. The molecule has 0 unspecified atom stereocenters. The normalized spacial score (nSPS) is 13.4. The number of hydrogen-bond donors (Lipinski definition) is 0. The summed E-state index contributed by atoms with van der Waals surface area (Å²) in [7, 11) is 0. The fourth-order valence-electron chi connectivity index (χ4n) is 14.8. The molecule has 0 atom stereocenters. The Hall–Kier alpha value is -10.5. The third-order valence-electron chi connectivity index (χ3n) is 18.0. The highest BCUT2D eigenvalue weighted by Crippen LogP contribution is 2.63. The van der Waals surface area contributed by atoms with Gasteiger partial charge in [0, 0.05) is 43.4 Å². The van der Waals surface area contributed by atoms with Gasteiger partial charge < -0.3 is 14.2 Å². The Morgan fingerprint density at radius 1 is 0.286 bits per heavy atom. The van der Waals surface area contributed by atoms with Crippen LogP contribution in [0.15, 0.2) is 320 Å². The topological polar surface area (TPSA) is 19.6 Å². The van der Waals surface area contributed by atoms with Gasteiger partial charge >= 0.3 is 0 Å². The van der Waals surface area contributed by atoms with E-state index in [0.29, 0.717) is 0 Å². The first-order valence-corrected chi connectivity index (χ1v) is 29.7. The van der Waals surface area contributed by atoms with E-state index in [4.69, 9.17) is 4.42 Å². The van der Waals surface area contributed by atoms with Crippen molar-refractivity contribution in [2.75, 3.05) is 9.80 Å². The van der Waals surface area contributed by atoms with Crippen molar-refractivity contribution in [1.82, 2.24) is 0 Å². The number of anilines is 6. The summed E-state index contributed by atoms with van der Waals surface area (Å²) in [6.07, 6.45) is 0. The van der Waals surface area contributed by atoms with Gasteiger partial charge in [-0.2, -0.15) is 0 Å². The molecular weight excluding hydrogens is 1040 g/mol. The van der Waals surface area contributed by atoms with Gasteiger partial charge in [0.1, 0.15) is 11.2 Å². The van der Waals surface area contributed by atoms with Crippen LogP contribution in [-0.4, -0.2) is 0 Å². The first-order chi connectivity index (χ1) is 41.7. The number of benzene rings is 13. The molecule has 0 spiro atoms. The molecule has 0 aliphatic heterocycles. The number of furan rings is 1. The minimum atomic E-state index is -0.700. The number of para-hydroxylation sites is 1. The predicted octanol–water partition coefficient (Wildman–Crippen LogP) is 21.6. The highest BCUT2D eigenvalue weighted by molar-refractivity contribution is 7.26. The van der Waals surface area contributed by atoms with Crippen LogP contribution in [0.1, 0.15) is 44.5 Å². The second-order valence-corrected chi connectivity index (χ2v) is 23.2. The van der Waals surface area contributed by atoms with Crippen LogP contribution < -0.4 is 9.80 Å². The Balaban J connectivity index is 0.994. The first-order valence-electron chi connectivity index (χ1n) is 28.9. The average molecular weight is 1090 g/mol. The molecule has 2 aliphatic rings. The van der Waals surface area contributed by atoms with E-state index in [1.165, 1.54) is 86.9 Å². The maximum absolute atomic E-state index is 6.81. The molecule has 0 saturated carbocycles. The molecule has 3 nitrogen and oxygen atoms in total. The lowest BCUT2D eigenvalue weighted by atomic mass is 9.67. The molecule has 2 aromatic heterocycles. The molecule has 0 amide bonds. The van der Waals surface area contributed by atoms with Gasteiger partial charge in [-0.05, 0) is 116 Å². The van der Waals surface area contributed by atoms with Crippen molar-refractivity contribution >= 4 is 87.6 Å². The standard InChI is InChI=1S/C80H52N2OS/c1-5-26-53(27-6-1)79(54-28-7-2-8-29-54)66-43-17-13-36-59(66)62-40-22-46-69(76(62)79)81(68-45-25-50-73-75(68)65-39-15-19-49-72(65)83-73)57-34-21-35-58(52-57)82(71-48-24-42-64-61-38-16-20-51-74(61)84-78(64)71)70-47-23-41-63-60-37-14-18-44-67(60)80(77(63)70,55-30-9-3-10-31-55)56-32-11-4-12-33-56/h1-52H. The van der Waals surface area contributed by atoms with E-state index in [0.717, 1.165) is 56.1 Å². The summed E-state index contributed by atoms with van der Waals surface area (Å²) in [4.78, 5) is 5.13. The van der Waals surface area contributed by atoms with Crippen molar-refractivity contribution in [3.8, 4) is 22.3 Å². The van der Waals surface area contributed by atoms with Gasteiger partial charge in [-0.15, -0.1) is 11.3 Å². The molecule has 2 aliphatic carbocycles. The Bertz CT molecular complexity index is 4970. The van der Waals surface area contributed by atoms with Crippen molar-refractivity contribution in [2.24, 2.45) is 0 Å². The van der Waals surface area contributed by atoms with Crippen molar-refractivity contribution in [3.63, 3.8) is 0 Å². The summed E-state index contributed by atoms with van der Waals surface area (Å²) >= 11 is 1.87. The second-order valence-electron chi connectivity index (χ2n) is 22.1. The Morgan fingerprint density at radius 2 is 0.679 bits per heavy atom. The van der Waals surface area contributed by atoms with Crippen LogP contribution in [0.4, 0.5) is 34.1 Å². The molecule has 0 radical (unpaired) electrons. The molecule has 84 heavy (non-hydrogen) atoms. The van der Waals surface area contributed by atoms with Gasteiger partial charge in [0.25, 0.3) is 0 Å². The molecule has 4 heteroatoms. The fraction of sp³-hybridized carbons (Fsp3) is 0.0250. The zero-order valence-corrected chi connectivity index (χ0v) is 46.5. The molecule has 0 N–H and O–H groups in total. The van der Waals surface area contributed by atoms with E-state index in [-0.39, 0.29) is 0 Å². The van der Waals surface area contributed by atoms with E-state index in [1.807, 2.05) is 11.3 Å². The zero-order valence-electron chi connectivity index (χ0n) is 45.7. The second kappa shape index (κ2) is 19.0. The minimum absolute atomic E-state index is 0.684. The summed E-state index contributed by atoms with van der Waals surface area (Å²) in [5.41, 5.74) is 21.4. The SMILES string of the molecule is c1ccc(C2(c3ccccc3)c3ccccc3-c3cccc(N(c4cccc(N(c5cccc6c5C(c5ccccc5)(c5ccccc5)c5ccccc5-6)c5cccc6oc7ccccc7c56)c4)c4cccc5c4sc4ccccc45)c32)cc1. The van der Waals surface area contributed by atoms with Gasteiger partial charge in [-0.3, -0.25) is 0 Å². The maximum atomic E-state index is 6.81. The van der Waals surface area contributed by atoms with Crippen molar-refractivity contribution in [3.05, 3.63) is 360 Å². The van der Waals surface area contributed by atoms with Crippen molar-refractivity contribution in [1.29, 1.82) is 0 Å². The predicted molar refractivity (Wildman–Crippen MR) is 351 cm³/mol. The van der Waals surface area contributed by atoms with Gasteiger partial charge in [0.05, 0.1) is 43.7 Å². The van der Waals surface area contributed by atoms with E-state index in [2.05, 4.69) is 325 Å². The molecule has 15 aromatic rings. The smallest absolute Gasteiger partial charge is 0.137 e. The monoisotopic (exact) mass is 1090 g/mol. The third kappa shape index (κ3) is 6.86. The Morgan fingerprint density at radius 3 is 1.25 bits per heavy atom. The number of nitrogens with zero attached hydrogens (tertiary/aromatic N) is 2. The summed E-state index contributed by atoms with van der Waals surface area (Å²) in [5, 5.41) is 4.61. The van der Waals surface area contributed by atoms with Gasteiger partial charge in [-0.1, -0.05) is 255 Å². The van der Waals surface area contributed by atoms with Crippen molar-refractivity contribution in [2.45, 2.75) is 10.8 Å². The first kappa shape index (κ1) is 48.2. The molecule has 0 saturated heterocycles. The Labute approximate surface area is 491 Å². The highest BCUT2D eigenvalue weighted by Gasteiger charge is 2.50. The van der Waals surface area contributed by atoms with Crippen LogP contribution in [-0.2, 0) is 10.8 Å². The molecular formula is C80H52N2OS. The minimum Gasteiger partial charge on any atom is -0.456 e. The molecule has 0 bridgehead atoms. The van der Waals surface area contributed by atoms with Gasteiger partial charge in [0.15, 0.2) is 0 Å². The van der Waals surface area contributed by atoms with Crippen LogP contribution in [0.2, 0.25) is 0 Å². The number of fused-ring (bicyclic) bond motifs is 12. The van der Waals surface area contributed by atoms with Gasteiger partial charge in [0.2, 0.25) is 0 Å². The molecule has 394 valence electrons. The molecule has 13 aromatic carbocycles. The maximum Gasteiger partial charge on any atom is 0.137 e. The molecule has 17 rings (SSSR count). The van der Waals surface area contributed by atoms with Crippen LogP contribution in [0.5, 0.6) is 0 Å². The Kier molecular flexibility index (Phi) is 10.9. The van der Waals surface area contributed by atoms with E-state index in [9.17, 15) is 0 Å². The average Bonchev–Trinajstić information content (AvgIpc) is 1.74. The quantitative estimate of drug-likeness (QED) is 0.136. The van der Waals surface area contributed by atoms with Gasteiger partial charge in [-0.25, -0.2) is 0 Å². The summed E-state index contributed by atoms with van der Waals surface area (Å²) < 4.78 is 9.29. The lowest BCUT2D eigenvalue weighted by Crippen LogP contribution is -2.30. The number of thiophene rings is 1. The van der Waals surface area contributed by atoms with Crippen LogP contribution >= 0.6 is 11.3 Å². The highest BCUT2D eigenvalue weighted by atomic mass is 32.1. The van der Waals surface area contributed by atoms with E-state index in [1.54, 1.807) is 0 Å². The third-order valence-corrected chi connectivity index (χ3v) is 19.2. The van der Waals surface area contributed by atoms with E-state index < -0.39 is 10.8 Å². The number of rotatable bonds is 10. The molecule has 0 fully saturated rings. The number of hydrogen-bond acceptors (Lipinski definition) is 4. The summed E-state index contributed by atoms with van der Waals surface area (Å²) in [6.45, 7) is 0. The summed E-state index contributed by atoms with van der Waals surface area (Å²) in [6, 6.07) is 117. The largest absolute Gasteiger partial charge is 0.456 e. The van der Waals surface area contributed by atoms with Crippen molar-refractivity contribution < 1.29 is 4.42 Å². The van der Waals surface area contributed by atoms with Crippen LogP contribution in [0.25, 0.3) is 64.4 Å². The summed E-state index contributed by atoms with van der Waals surface area (Å²) in [5.74, 6) is 0. The lowest BCUT2D eigenvalue weighted by Gasteiger charge is -2.39. The van der Waals surface area contributed by atoms with E-state index >= 15 is 0 Å².